The van der Waals surface area contributed by atoms with Gasteiger partial charge < -0.3 is 5.32 Å². The molecule has 90 valence electrons. The first-order valence-corrected chi connectivity index (χ1v) is 7.25. The third-order valence-electron chi connectivity index (χ3n) is 2.19. The highest BCUT2D eigenvalue weighted by Crippen LogP contribution is 2.20. The van der Waals surface area contributed by atoms with Gasteiger partial charge in [-0.25, -0.2) is 0 Å². The third-order valence-corrected chi connectivity index (χ3v) is 3.57. The lowest BCUT2D eigenvalue weighted by molar-refractivity contribution is 0.568. The maximum atomic E-state index is 6.08. The number of hydrogen-bond donors (Lipinski definition) is 1. The van der Waals surface area contributed by atoms with E-state index >= 15 is 0 Å². The molecule has 0 heterocycles. The first-order chi connectivity index (χ1) is 7.70. The number of halogens is 1. The van der Waals surface area contributed by atoms with Gasteiger partial charge in [-0.3, -0.25) is 0 Å². The van der Waals surface area contributed by atoms with Crippen LogP contribution in [0.25, 0.3) is 0 Å². The van der Waals surface area contributed by atoms with Crippen LogP contribution in [0.5, 0.6) is 0 Å². The molecular formula is C13H20ClNS. The molecule has 3 heteroatoms. The van der Waals surface area contributed by atoms with E-state index in [1.165, 1.54) is 5.56 Å². The first-order valence-electron chi connectivity index (χ1n) is 5.72. The van der Waals surface area contributed by atoms with Crippen molar-refractivity contribution in [1.82, 2.24) is 5.32 Å². The van der Waals surface area contributed by atoms with Crippen molar-refractivity contribution in [3.63, 3.8) is 0 Å². The number of hydrogen-bond acceptors (Lipinski definition) is 2. The summed E-state index contributed by atoms with van der Waals surface area (Å²) in [6, 6.07) is 8.06. The number of thioether (sulfide) groups is 1. The van der Waals surface area contributed by atoms with Gasteiger partial charge >= 0.3 is 0 Å². The molecule has 16 heavy (non-hydrogen) atoms. The maximum Gasteiger partial charge on any atom is 0.0446 e. The molecule has 0 aliphatic rings. The molecule has 0 radical (unpaired) electrons. The van der Waals surface area contributed by atoms with Crippen LogP contribution in [0, 0.1) is 5.92 Å². The van der Waals surface area contributed by atoms with Gasteiger partial charge in [0, 0.05) is 23.1 Å². The van der Waals surface area contributed by atoms with Gasteiger partial charge in [0.05, 0.1) is 0 Å². The van der Waals surface area contributed by atoms with Crippen LogP contribution < -0.4 is 5.32 Å². The van der Waals surface area contributed by atoms with E-state index in [-0.39, 0.29) is 0 Å². The van der Waals surface area contributed by atoms with Crippen molar-refractivity contribution in [1.29, 1.82) is 0 Å². The lowest BCUT2D eigenvalue weighted by Crippen LogP contribution is -2.22. The van der Waals surface area contributed by atoms with Crippen molar-refractivity contribution in [2.24, 2.45) is 5.92 Å². The Morgan fingerprint density at radius 1 is 1.31 bits per heavy atom. The van der Waals surface area contributed by atoms with E-state index in [0.29, 0.717) is 0 Å². The Kier molecular flexibility index (Phi) is 6.93. The van der Waals surface area contributed by atoms with Crippen molar-refractivity contribution in [2.75, 3.05) is 18.8 Å². The number of rotatable bonds is 7. The van der Waals surface area contributed by atoms with Gasteiger partial charge in [0.2, 0.25) is 0 Å². The Morgan fingerprint density at radius 3 is 2.75 bits per heavy atom. The van der Waals surface area contributed by atoms with Crippen LogP contribution in [0.1, 0.15) is 19.4 Å². The highest BCUT2D eigenvalue weighted by atomic mass is 35.5. The summed E-state index contributed by atoms with van der Waals surface area (Å²) >= 11 is 8.00. The second-order valence-electron chi connectivity index (χ2n) is 4.24. The van der Waals surface area contributed by atoms with Crippen LogP contribution in [-0.4, -0.2) is 18.8 Å². The predicted molar refractivity (Wildman–Crippen MR) is 75.3 cm³/mol. The molecule has 1 aromatic carbocycles. The summed E-state index contributed by atoms with van der Waals surface area (Å²) in [4.78, 5) is 0. The molecule has 1 aromatic rings. The Morgan fingerprint density at radius 2 is 2.06 bits per heavy atom. The largest absolute Gasteiger partial charge is 0.316 e. The molecular weight excluding hydrogens is 238 g/mol. The van der Waals surface area contributed by atoms with Crippen molar-refractivity contribution in [2.45, 2.75) is 19.6 Å². The van der Waals surface area contributed by atoms with Crippen molar-refractivity contribution < 1.29 is 0 Å². The van der Waals surface area contributed by atoms with E-state index in [9.17, 15) is 0 Å². The summed E-state index contributed by atoms with van der Waals surface area (Å²) in [5.41, 5.74) is 1.23. The summed E-state index contributed by atoms with van der Waals surface area (Å²) in [6.07, 6.45) is 0. The molecule has 0 spiro atoms. The van der Waals surface area contributed by atoms with E-state index in [2.05, 4.69) is 25.2 Å². The fraction of sp³-hybridized carbons (Fsp3) is 0.538. The molecule has 0 fully saturated rings. The molecule has 0 saturated heterocycles. The smallest absolute Gasteiger partial charge is 0.0446 e. The Hall–Kier alpha value is -0.180. The zero-order valence-corrected chi connectivity index (χ0v) is 11.6. The molecule has 0 atom stereocenters. The molecule has 0 aliphatic heterocycles. The minimum Gasteiger partial charge on any atom is -0.316 e. The maximum absolute atomic E-state index is 6.08. The summed E-state index contributed by atoms with van der Waals surface area (Å²) in [5, 5.41) is 4.31. The molecule has 0 saturated carbocycles. The minimum atomic E-state index is 0.730. The van der Waals surface area contributed by atoms with Gasteiger partial charge in [0.1, 0.15) is 0 Å². The first kappa shape index (κ1) is 13.9. The minimum absolute atomic E-state index is 0.730. The lowest BCUT2D eigenvalue weighted by atomic mass is 10.2. The molecule has 0 bridgehead atoms. The van der Waals surface area contributed by atoms with Crippen molar-refractivity contribution in [3.05, 3.63) is 34.9 Å². The van der Waals surface area contributed by atoms with Gasteiger partial charge in [-0.1, -0.05) is 43.6 Å². The van der Waals surface area contributed by atoms with Gasteiger partial charge in [-0.15, -0.1) is 0 Å². The average molecular weight is 258 g/mol. The zero-order valence-electron chi connectivity index (χ0n) is 10.0. The van der Waals surface area contributed by atoms with Crippen LogP contribution in [-0.2, 0) is 5.75 Å². The topological polar surface area (TPSA) is 12.0 Å². The van der Waals surface area contributed by atoms with Crippen LogP contribution in [0.2, 0.25) is 5.02 Å². The van der Waals surface area contributed by atoms with Crippen LogP contribution >= 0.6 is 23.4 Å². The second-order valence-corrected chi connectivity index (χ2v) is 5.75. The highest BCUT2D eigenvalue weighted by molar-refractivity contribution is 7.98. The van der Waals surface area contributed by atoms with Gasteiger partial charge in [0.15, 0.2) is 0 Å². The Balaban J connectivity index is 2.10. The fourth-order valence-corrected chi connectivity index (χ4v) is 2.52. The average Bonchev–Trinajstić information content (AvgIpc) is 2.25. The molecule has 0 aliphatic carbocycles. The van der Waals surface area contributed by atoms with E-state index in [4.69, 9.17) is 11.6 Å². The van der Waals surface area contributed by atoms with Gasteiger partial charge in [-0.05, 0) is 24.1 Å². The van der Waals surface area contributed by atoms with Gasteiger partial charge in [0.25, 0.3) is 0 Å². The SMILES string of the molecule is CC(C)CNCCSCc1ccccc1Cl. The van der Waals surface area contributed by atoms with E-state index in [0.717, 1.165) is 35.5 Å². The third kappa shape index (κ3) is 5.78. The van der Waals surface area contributed by atoms with Gasteiger partial charge in [-0.2, -0.15) is 11.8 Å². The monoisotopic (exact) mass is 257 g/mol. The summed E-state index contributed by atoms with van der Waals surface area (Å²) < 4.78 is 0. The summed E-state index contributed by atoms with van der Waals surface area (Å²) in [7, 11) is 0. The Bertz CT molecular complexity index is 302. The normalized spacial score (nSPS) is 11.0. The van der Waals surface area contributed by atoms with Crippen LogP contribution in [0.3, 0.4) is 0 Å². The summed E-state index contributed by atoms with van der Waals surface area (Å²) in [6.45, 7) is 6.63. The Labute approximate surface area is 108 Å². The fourth-order valence-electron chi connectivity index (χ4n) is 1.33. The number of nitrogens with one attached hydrogen (secondary N) is 1. The van der Waals surface area contributed by atoms with E-state index in [1.807, 2.05) is 30.0 Å². The molecule has 0 aromatic heterocycles. The van der Waals surface area contributed by atoms with Crippen LogP contribution in [0.15, 0.2) is 24.3 Å². The van der Waals surface area contributed by atoms with E-state index < -0.39 is 0 Å². The second kappa shape index (κ2) is 7.99. The molecule has 0 unspecified atom stereocenters. The van der Waals surface area contributed by atoms with E-state index in [1.54, 1.807) is 0 Å². The van der Waals surface area contributed by atoms with Crippen molar-refractivity contribution >= 4 is 23.4 Å². The standard InChI is InChI=1S/C13H20ClNS/c1-11(2)9-15-7-8-16-10-12-5-3-4-6-13(12)14/h3-6,11,15H,7-10H2,1-2H3. The summed E-state index contributed by atoms with van der Waals surface area (Å²) in [5.74, 6) is 2.87. The number of benzene rings is 1. The quantitative estimate of drug-likeness (QED) is 0.746. The zero-order chi connectivity index (χ0) is 11.8. The van der Waals surface area contributed by atoms with Crippen molar-refractivity contribution in [3.8, 4) is 0 Å². The highest BCUT2D eigenvalue weighted by Gasteiger charge is 1.98. The molecule has 1 nitrogen and oxygen atoms in total. The molecule has 1 rings (SSSR count). The lowest BCUT2D eigenvalue weighted by Gasteiger charge is -2.07. The molecule has 1 N–H and O–H groups in total. The predicted octanol–water partition coefficient (Wildman–Crippen LogP) is 3.82. The molecule has 0 amide bonds. The van der Waals surface area contributed by atoms with Crippen LogP contribution in [0.4, 0.5) is 0 Å².